The molecular weight excluding hydrogens is 336 g/mol. The third-order valence-corrected chi connectivity index (χ3v) is 4.63. The second-order valence-electron chi connectivity index (χ2n) is 6.37. The number of ether oxygens (including phenoxy) is 1. The number of carbonyl (C=O) groups excluding carboxylic acids is 1. The summed E-state index contributed by atoms with van der Waals surface area (Å²) in [6.45, 7) is 3.79. The molecule has 1 atom stereocenters. The third kappa shape index (κ3) is 3.77. The molecule has 2 saturated heterocycles. The van der Waals surface area contributed by atoms with Crippen LogP contribution in [0.2, 0.25) is 0 Å². The number of nitrogens with zero attached hydrogens (tertiary/aromatic N) is 5. The zero-order valence-electron chi connectivity index (χ0n) is 14.5. The minimum atomic E-state index is -0.117. The molecule has 0 bridgehead atoms. The van der Waals surface area contributed by atoms with Gasteiger partial charge in [0.1, 0.15) is 11.9 Å². The molecule has 2 aliphatic heterocycles. The number of rotatable bonds is 4. The first-order valence-corrected chi connectivity index (χ1v) is 8.92. The predicted molar refractivity (Wildman–Crippen MR) is 92.5 cm³/mol. The zero-order chi connectivity index (χ0) is 17.8. The maximum Gasteiger partial charge on any atom is 0.317 e. The number of nitrogens with one attached hydrogen (secondary N) is 1. The summed E-state index contributed by atoms with van der Waals surface area (Å²) in [6, 6.07) is 5.73. The Labute approximate surface area is 151 Å². The Morgan fingerprint density at radius 1 is 1.27 bits per heavy atom. The van der Waals surface area contributed by atoms with Crippen molar-refractivity contribution in [3.63, 3.8) is 0 Å². The fourth-order valence-corrected chi connectivity index (χ4v) is 3.19. The molecule has 2 aromatic rings. The molecule has 0 aromatic carbocycles. The van der Waals surface area contributed by atoms with Gasteiger partial charge in [0.2, 0.25) is 0 Å². The van der Waals surface area contributed by atoms with Gasteiger partial charge in [-0.2, -0.15) is 4.98 Å². The van der Waals surface area contributed by atoms with Crippen molar-refractivity contribution in [2.24, 2.45) is 0 Å². The van der Waals surface area contributed by atoms with Crippen molar-refractivity contribution in [1.29, 1.82) is 0 Å². The molecule has 0 unspecified atom stereocenters. The van der Waals surface area contributed by atoms with Crippen LogP contribution in [0.25, 0.3) is 0 Å². The fraction of sp³-hybridized carbons (Fsp3) is 0.529. The molecule has 0 radical (unpaired) electrons. The lowest BCUT2D eigenvalue weighted by atomic mass is 10.2. The Morgan fingerprint density at radius 2 is 2.15 bits per heavy atom. The van der Waals surface area contributed by atoms with E-state index in [1.165, 1.54) is 0 Å². The molecule has 26 heavy (non-hydrogen) atoms. The molecular formula is C17H22N6O3. The summed E-state index contributed by atoms with van der Waals surface area (Å²) in [5.41, 5.74) is 0. The number of urea groups is 1. The van der Waals surface area contributed by atoms with Crippen LogP contribution in [0.3, 0.4) is 0 Å². The van der Waals surface area contributed by atoms with Crippen LogP contribution < -0.4 is 10.2 Å². The van der Waals surface area contributed by atoms with E-state index in [1.807, 2.05) is 18.2 Å². The molecule has 2 aromatic heterocycles. The normalized spacial score (nSPS) is 20.4. The van der Waals surface area contributed by atoms with Crippen molar-refractivity contribution in [3.05, 3.63) is 36.1 Å². The lowest BCUT2D eigenvalue weighted by Crippen LogP contribution is -2.51. The highest BCUT2D eigenvalue weighted by Gasteiger charge is 2.25. The molecule has 0 saturated carbocycles. The smallest absolute Gasteiger partial charge is 0.317 e. The van der Waals surface area contributed by atoms with E-state index in [0.29, 0.717) is 24.8 Å². The molecule has 0 spiro atoms. The van der Waals surface area contributed by atoms with Crippen LogP contribution in [-0.2, 0) is 11.3 Å². The first kappa shape index (κ1) is 16.8. The van der Waals surface area contributed by atoms with Gasteiger partial charge in [-0.05, 0) is 25.0 Å². The van der Waals surface area contributed by atoms with Crippen LogP contribution in [0.15, 0.2) is 28.9 Å². The number of anilines is 1. The fourth-order valence-electron chi connectivity index (χ4n) is 3.19. The molecule has 1 N–H and O–H groups in total. The van der Waals surface area contributed by atoms with Gasteiger partial charge < -0.3 is 24.4 Å². The summed E-state index contributed by atoms with van der Waals surface area (Å²) >= 11 is 0. The molecule has 2 amide bonds. The van der Waals surface area contributed by atoms with E-state index in [1.54, 1.807) is 11.1 Å². The van der Waals surface area contributed by atoms with Gasteiger partial charge in [-0.1, -0.05) is 11.2 Å². The van der Waals surface area contributed by atoms with Crippen molar-refractivity contribution in [3.8, 4) is 0 Å². The van der Waals surface area contributed by atoms with Gasteiger partial charge in [0.05, 0.1) is 6.54 Å². The molecule has 2 fully saturated rings. The number of piperazine rings is 1. The summed E-state index contributed by atoms with van der Waals surface area (Å²) in [6.07, 6.45) is 3.58. The SMILES string of the molecule is O=C(NCc1noc([C@@H]2CCCO2)n1)N1CCN(c2ccccn2)CC1. The second-order valence-corrected chi connectivity index (χ2v) is 6.37. The third-order valence-electron chi connectivity index (χ3n) is 4.63. The number of aromatic nitrogens is 3. The number of amides is 2. The first-order chi connectivity index (χ1) is 12.8. The number of carbonyl (C=O) groups is 1. The number of hydrogen-bond acceptors (Lipinski definition) is 7. The number of hydrogen-bond donors (Lipinski definition) is 1. The molecule has 4 heterocycles. The highest BCUT2D eigenvalue weighted by Crippen LogP contribution is 2.26. The van der Waals surface area contributed by atoms with E-state index in [0.717, 1.165) is 38.4 Å². The Kier molecular flexibility index (Phi) is 4.96. The van der Waals surface area contributed by atoms with E-state index in [2.05, 4.69) is 25.3 Å². The van der Waals surface area contributed by atoms with E-state index >= 15 is 0 Å². The van der Waals surface area contributed by atoms with Gasteiger partial charge in [0, 0.05) is 39.0 Å². The van der Waals surface area contributed by atoms with Crippen molar-refractivity contribution in [2.75, 3.05) is 37.7 Å². The van der Waals surface area contributed by atoms with Gasteiger partial charge in [0.15, 0.2) is 5.82 Å². The molecule has 4 rings (SSSR count). The van der Waals surface area contributed by atoms with Crippen LogP contribution >= 0.6 is 0 Å². The Morgan fingerprint density at radius 3 is 2.88 bits per heavy atom. The van der Waals surface area contributed by atoms with E-state index in [-0.39, 0.29) is 18.7 Å². The summed E-state index contributed by atoms with van der Waals surface area (Å²) in [7, 11) is 0. The first-order valence-electron chi connectivity index (χ1n) is 8.92. The maximum absolute atomic E-state index is 12.3. The summed E-state index contributed by atoms with van der Waals surface area (Å²) in [5, 5.41) is 6.77. The molecule has 138 valence electrons. The maximum atomic E-state index is 12.3. The predicted octanol–water partition coefficient (Wildman–Crippen LogP) is 1.35. The zero-order valence-corrected chi connectivity index (χ0v) is 14.5. The topological polar surface area (TPSA) is 96.6 Å². The lowest BCUT2D eigenvalue weighted by Gasteiger charge is -2.35. The molecule has 9 heteroatoms. The average Bonchev–Trinajstić information content (AvgIpc) is 3.38. The molecule has 2 aliphatic rings. The monoisotopic (exact) mass is 358 g/mol. The Balaban J connectivity index is 1.24. The van der Waals surface area contributed by atoms with Gasteiger partial charge in [0.25, 0.3) is 5.89 Å². The van der Waals surface area contributed by atoms with Gasteiger partial charge in [-0.25, -0.2) is 9.78 Å². The van der Waals surface area contributed by atoms with Crippen LogP contribution in [-0.4, -0.2) is 58.8 Å². The summed E-state index contributed by atoms with van der Waals surface area (Å²) < 4.78 is 10.7. The van der Waals surface area contributed by atoms with Crippen molar-refractivity contribution in [2.45, 2.75) is 25.5 Å². The second kappa shape index (κ2) is 7.69. The molecule has 0 aliphatic carbocycles. The van der Waals surface area contributed by atoms with Crippen LogP contribution in [0, 0.1) is 0 Å². The largest absolute Gasteiger partial charge is 0.368 e. The standard InChI is InChI=1S/C17H22N6O3/c24-17(19-12-14-20-16(26-21-14)13-4-3-11-25-13)23-9-7-22(8-10-23)15-5-1-2-6-18-15/h1-2,5-6,13H,3-4,7-12H2,(H,19,24)/t13-/m0/s1. The minimum absolute atomic E-state index is 0.105. The highest BCUT2D eigenvalue weighted by molar-refractivity contribution is 5.74. The van der Waals surface area contributed by atoms with E-state index in [4.69, 9.17) is 9.26 Å². The molecule has 9 nitrogen and oxygen atoms in total. The quantitative estimate of drug-likeness (QED) is 0.881. The summed E-state index contributed by atoms with van der Waals surface area (Å²) in [5.74, 6) is 1.91. The van der Waals surface area contributed by atoms with Gasteiger partial charge >= 0.3 is 6.03 Å². The lowest BCUT2D eigenvalue weighted by molar-refractivity contribution is 0.0835. The van der Waals surface area contributed by atoms with Gasteiger partial charge in [-0.15, -0.1) is 0 Å². The summed E-state index contributed by atoms with van der Waals surface area (Å²) in [4.78, 5) is 25.0. The van der Waals surface area contributed by atoms with Crippen molar-refractivity contribution >= 4 is 11.8 Å². The van der Waals surface area contributed by atoms with Crippen molar-refractivity contribution in [1.82, 2.24) is 25.3 Å². The van der Waals surface area contributed by atoms with Crippen LogP contribution in [0.1, 0.15) is 30.7 Å². The van der Waals surface area contributed by atoms with Gasteiger partial charge in [-0.3, -0.25) is 0 Å². The van der Waals surface area contributed by atoms with E-state index in [9.17, 15) is 4.79 Å². The van der Waals surface area contributed by atoms with Crippen molar-refractivity contribution < 1.29 is 14.1 Å². The highest BCUT2D eigenvalue weighted by atomic mass is 16.5. The number of pyridine rings is 1. The van der Waals surface area contributed by atoms with Crippen LogP contribution in [0.4, 0.5) is 10.6 Å². The van der Waals surface area contributed by atoms with Crippen LogP contribution in [0.5, 0.6) is 0 Å². The Bertz CT molecular complexity index is 723. The Hall–Kier alpha value is -2.68. The average molecular weight is 358 g/mol. The minimum Gasteiger partial charge on any atom is -0.368 e. The van der Waals surface area contributed by atoms with E-state index < -0.39 is 0 Å².